The van der Waals surface area contributed by atoms with E-state index in [1.807, 2.05) is 0 Å². The van der Waals surface area contributed by atoms with Crippen LogP contribution in [0.3, 0.4) is 0 Å². The second kappa shape index (κ2) is 4.68. The maximum atomic E-state index is 12.3. The number of nitrogens with one attached hydrogen (secondary N) is 1. The van der Waals surface area contributed by atoms with Crippen molar-refractivity contribution in [2.24, 2.45) is 11.8 Å². The molecule has 2 atom stereocenters. The lowest BCUT2D eigenvalue weighted by molar-refractivity contribution is 0.0821. The van der Waals surface area contributed by atoms with E-state index in [0.717, 1.165) is 19.3 Å². The lowest BCUT2D eigenvalue weighted by atomic mass is 9.74. The molecule has 4 nitrogen and oxygen atoms in total. The first-order valence-electron chi connectivity index (χ1n) is 6.07. The Kier molecular flexibility index (Phi) is 3.27. The second-order valence-electron chi connectivity index (χ2n) is 4.62. The summed E-state index contributed by atoms with van der Waals surface area (Å²) in [4.78, 5) is 12.3. The number of aromatic amines is 1. The van der Waals surface area contributed by atoms with Crippen molar-refractivity contribution >= 4 is 11.6 Å². The number of hydrogen-bond acceptors (Lipinski definition) is 3. The van der Waals surface area contributed by atoms with Crippen LogP contribution in [0.2, 0.25) is 0 Å². The number of ketones is 1. The summed E-state index contributed by atoms with van der Waals surface area (Å²) in [6.07, 6.45) is 7.22. The molecule has 88 valence electrons. The quantitative estimate of drug-likeness (QED) is 0.770. The van der Waals surface area contributed by atoms with Crippen molar-refractivity contribution in [3.05, 3.63) is 11.8 Å². The van der Waals surface area contributed by atoms with Crippen LogP contribution in [-0.4, -0.2) is 16.0 Å². The average molecular weight is 221 g/mol. The summed E-state index contributed by atoms with van der Waals surface area (Å²) >= 11 is 0. The number of Topliss-reactive ketones (excluding diaryl/α,β-unsaturated/α-hetero) is 1. The second-order valence-corrected chi connectivity index (χ2v) is 4.62. The monoisotopic (exact) mass is 221 g/mol. The minimum Gasteiger partial charge on any atom is -0.383 e. The maximum Gasteiger partial charge on any atom is 0.171 e. The summed E-state index contributed by atoms with van der Waals surface area (Å²) in [5.74, 6) is 1.26. The predicted molar refractivity (Wildman–Crippen MR) is 63.1 cm³/mol. The first-order valence-corrected chi connectivity index (χ1v) is 6.07. The molecule has 0 bridgehead atoms. The number of carbonyl (C=O) groups is 1. The molecule has 0 aromatic carbocycles. The summed E-state index contributed by atoms with van der Waals surface area (Å²) in [5, 5.41) is 6.45. The molecule has 0 radical (unpaired) electrons. The van der Waals surface area contributed by atoms with Crippen molar-refractivity contribution in [3.8, 4) is 0 Å². The largest absolute Gasteiger partial charge is 0.383 e. The number of rotatable bonds is 3. The van der Waals surface area contributed by atoms with Gasteiger partial charge in [0, 0.05) is 5.92 Å². The predicted octanol–water partition coefficient (Wildman–Crippen LogP) is 2.39. The molecule has 1 saturated carbocycles. The van der Waals surface area contributed by atoms with Gasteiger partial charge in [-0.05, 0) is 18.8 Å². The van der Waals surface area contributed by atoms with Gasteiger partial charge < -0.3 is 5.73 Å². The van der Waals surface area contributed by atoms with Gasteiger partial charge in [0.2, 0.25) is 0 Å². The summed E-state index contributed by atoms with van der Waals surface area (Å²) in [5.41, 5.74) is 6.27. The van der Waals surface area contributed by atoms with Crippen LogP contribution in [0.15, 0.2) is 6.20 Å². The molecule has 2 rings (SSSR count). The average Bonchev–Trinajstić information content (AvgIpc) is 2.74. The molecule has 0 amide bonds. The SMILES string of the molecule is CCC1CCCCC1C(=O)c1cn[nH]c1N. The molecule has 1 fully saturated rings. The molecule has 3 N–H and O–H groups in total. The minimum absolute atomic E-state index is 0.152. The normalized spacial score (nSPS) is 25.6. The van der Waals surface area contributed by atoms with E-state index >= 15 is 0 Å². The van der Waals surface area contributed by atoms with Crippen molar-refractivity contribution in [1.82, 2.24) is 10.2 Å². The van der Waals surface area contributed by atoms with E-state index in [0.29, 0.717) is 17.3 Å². The van der Waals surface area contributed by atoms with E-state index in [9.17, 15) is 4.79 Å². The van der Waals surface area contributed by atoms with Gasteiger partial charge in [-0.25, -0.2) is 0 Å². The van der Waals surface area contributed by atoms with Gasteiger partial charge in [-0.1, -0.05) is 26.2 Å². The van der Waals surface area contributed by atoms with Crippen LogP contribution in [0.1, 0.15) is 49.4 Å². The van der Waals surface area contributed by atoms with E-state index < -0.39 is 0 Å². The van der Waals surface area contributed by atoms with Crippen molar-refractivity contribution < 1.29 is 4.79 Å². The maximum absolute atomic E-state index is 12.3. The number of H-pyrrole nitrogens is 1. The van der Waals surface area contributed by atoms with Crippen LogP contribution < -0.4 is 5.73 Å². The first-order chi connectivity index (χ1) is 7.74. The van der Waals surface area contributed by atoms with Gasteiger partial charge in [-0.3, -0.25) is 9.89 Å². The summed E-state index contributed by atoms with van der Waals surface area (Å²) in [6.45, 7) is 2.16. The smallest absolute Gasteiger partial charge is 0.171 e. The van der Waals surface area contributed by atoms with Crippen LogP contribution in [0, 0.1) is 11.8 Å². The van der Waals surface area contributed by atoms with E-state index in [4.69, 9.17) is 5.73 Å². The fourth-order valence-electron chi connectivity index (χ4n) is 2.73. The summed E-state index contributed by atoms with van der Waals surface area (Å²) in [6, 6.07) is 0. The molecule has 2 unspecified atom stereocenters. The number of carbonyl (C=O) groups excluding carboxylic acids is 1. The van der Waals surface area contributed by atoms with Gasteiger partial charge in [-0.2, -0.15) is 5.10 Å². The van der Waals surface area contributed by atoms with Crippen LogP contribution in [0.25, 0.3) is 0 Å². The highest BCUT2D eigenvalue weighted by Crippen LogP contribution is 2.35. The van der Waals surface area contributed by atoms with Gasteiger partial charge in [0.15, 0.2) is 5.78 Å². The first kappa shape index (κ1) is 11.2. The number of hydrogen-bond donors (Lipinski definition) is 2. The third-order valence-corrected chi connectivity index (χ3v) is 3.70. The molecule has 1 aromatic heterocycles. The van der Waals surface area contributed by atoms with Crippen LogP contribution in [0.4, 0.5) is 5.82 Å². The minimum atomic E-state index is 0.152. The van der Waals surface area contributed by atoms with Gasteiger partial charge in [0.1, 0.15) is 5.82 Å². The molecule has 1 aliphatic rings. The number of nitrogen functional groups attached to an aromatic ring is 1. The fraction of sp³-hybridized carbons (Fsp3) is 0.667. The van der Waals surface area contributed by atoms with Crippen molar-refractivity contribution in [3.63, 3.8) is 0 Å². The zero-order valence-corrected chi connectivity index (χ0v) is 9.70. The van der Waals surface area contributed by atoms with Crippen LogP contribution in [-0.2, 0) is 0 Å². The van der Waals surface area contributed by atoms with Gasteiger partial charge in [-0.15, -0.1) is 0 Å². The van der Waals surface area contributed by atoms with Crippen molar-refractivity contribution in [1.29, 1.82) is 0 Å². The molecular formula is C12H19N3O. The molecular weight excluding hydrogens is 202 g/mol. The van der Waals surface area contributed by atoms with E-state index in [1.165, 1.54) is 12.8 Å². The lowest BCUT2D eigenvalue weighted by Crippen LogP contribution is -2.27. The molecule has 1 heterocycles. The molecule has 0 aliphatic heterocycles. The Morgan fingerprint density at radius 2 is 2.31 bits per heavy atom. The fourth-order valence-corrected chi connectivity index (χ4v) is 2.73. The summed E-state index contributed by atoms with van der Waals surface area (Å²) < 4.78 is 0. The van der Waals surface area contributed by atoms with E-state index in [2.05, 4.69) is 17.1 Å². The number of nitrogens with zero attached hydrogens (tertiary/aromatic N) is 1. The Labute approximate surface area is 95.6 Å². The topological polar surface area (TPSA) is 71.8 Å². The zero-order valence-electron chi connectivity index (χ0n) is 9.70. The molecule has 1 aromatic rings. The Hall–Kier alpha value is -1.32. The standard InChI is InChI=1S/C12H19N3O/c1-2-8-5-3-4-6-9(8)11(16)10-7-14-15-12(10)13/h7-9H,2-6H2,1H3,(H3,13,14,15). The van der Waals surface area contributed by atoms with E-state index in [-0.39, 0.29) is 11.7 Å². The van der Waals surface area contributed by atoms with Crippen molar-refractivity contribution in [2.45, 2.75) is 39.0 Å². The Bertz CT molecular complexity index is 372. The Morgan fingerprint density at radius 3 is 2.94 bits per heavy atom. The van der Waals surface area contributed by atoms with Crippen LogP contribution in [0.5, 0.6) is 0 Å². The zero-order chi connectivity index (χ0) is 11.5. The highest BCUT2D eigenvalue weighted by atomic mass is 16.1. The highest BCUT2D eigenvalue weighted by Gasteiger charge is 2.31. The highest BCUT2D eigenvalue weighted by molar-refractivity contribution is 6.01. The lowest BCUT2D eigenvalue weighted by Gasteiger charge is -2.29. The van der Waals surface area contributed by atoms with Gasteiger partial charge >= 0.3 is 0 Å². The molecule has 16 heavy (non-hydrogen) atoms. The van der Waals surface area contributed by atoms with E-state index in [1.54, 1.807) is 6.20 Å². The molecule has 0 spiro atoms. The third-order valence-electron chi connectivity index (χ3n) is 3.70. The third kappa shape index (κ3) is 1.96. The number of nitrogens with two attached hydrogens (primary N) is 1. The molecule has 4 heteroatoms. The Balaban J connectivity index is 2.17. The van der Waals surface area contributed by atoms with Crippen LogP contribution >= 0.6 is 0 Å². The van der Waals surface area contributed by atoms with Crippen molar-refractivity contribution in [2.75, 3.05) is 5.73 Å². The number of anilines is 1. The molecule has 1 aliphatic carbocycles. The van der Waals surface area contributed by atoms with Gasteiger partial charge in [0.05, 0.1) is 11.8 Å². The van der Waals surface area contributed by atoms with Gasteiger partial charge in [0.25, 0.3) is 0 Å². The number of aromatic nitrogens is 2. The Morgan fingerprint density at radius 1 is 1.56 bits per heavy atom. The molecule has 0 saturated heterocycles. The summed E-state index contributed by atoms with van der Waals surface area (Å²) in [7, 11) is 0.